The van der Waals surface area contributed by atoms with Crippen molar-refractivity contribution in [1.29, 1.82) is 0 Å². The second-order valence-corrected chi connectivity index (χ2v) is 9.01. The zero-order valence-electron chi connectivity index (χ0n) is 18.8. The van der Waals surface area contributed by atoms with E-state index in [4.69, 9.17) is 26.4 Å². The highest BCUT2D eigenvalue weighted by atomic mass is 35.5. The Hall–Kier alpha value is -2.21. The van der Waals surface area contributed by atoms with Crippen molar-refractivity contribution in [3.63, 3.8) is 0 Å². The number of rotatable bonds is 6. The molecule has 4 rings (SSSR count). The molecule has 0 N–H and O–H groups in total. The van der Waals surface area contributed by atoms with Crippen LogP contribution < -0.4 is 0 Å². The number of aromatic nitrogens is 3. The molecule has 31 heavy (non-hydrogen) atoms. The molecule has 5 nitrogen and oxygen atoms in total. The summed E-state index contributed by atoms with van der Waals surface area (Å²) in [6.07, 6.45) is 0.692. The summed E-state index contributed by atoms with van der Waals surface area (Å²) >= 11 is 6.34. The Morgan fingerprint density at radius 3 is 2.68 bits per heavy atom. The fourth-order valence-electron chi connectivity index (χ4n) is 4.29. The molecule has 1 aliphatic heterocycles. The number of aryl methyl sites for hydroxylation is 1. The van der Waals surface area contributed by atoms with Crippen molar-refractivity contribution >= 4 is 11.6 Å². The molecule has 1 aromatic carbocycles. The largest absolute Gasteiger partial charge is 0.369 e. The zero-order chi connectivity index (χ0) is 22.0. The lowest BCUT2D eigenvalue weighted by atomic mass is 10.1. The van der Waals surface area contributed by atoms with Crippen LogP contribution in [0.1, 0.15) is 59.9 Å². The van der Waals surface area contributed by atoms with Crippen LogP contribution in [-0.2, 0) is 17.7 Å². The number of hydrogen-bond acceptors (Lipinski definition) is 4. The lowest BCUT2D eigenvalue weighted by Crippen LogP contribution is -2.38. The molecule has 3 aromatic rings. The average molecular weight is 439 g/mol. The van der Waals surface area contributed by atoms with E-state index in [0.717, 1.165) is 53.7 Å². The minimum absolute atomic E-state index is 0.0271. The number of hydrogen-bond donors (Lipinski definition) is 0. The van der Waals surface area contributed by atoms with E-state index in [9.17, 15) is 0 Å². The minimum Gasteiger partial charge on any atom is -0.369 e. The Kier molecular flexibility index (Phi) is 6.75. The van der Waals surface area contributed by atoms with Crippen LogP contribution in [0.2, 0.25) is 5.02 Å². The van der Waals surface area contributed by atoms with Gasteiger partial charge in [0.2, 0.25) is 0 Å². The van der Waals surface area contributed by atoms with Crippen LogP contribution in [0.25, 0.3) is 0 Å². The van der Waals surface area contributed by atoms with Gasteiger partial charge in [-0.1, -0.05) is 35.9 Å². The molecule has 164 valence electrons. The smallest absolute Gasteiger partial charge is 0.112 e. The van der Waals surface area contributed by atoms with E-state index in [2.05, 4.69) is 61.5 Å². The van der Waals surface area contributed by atoms with Crippen LogP contribution in [0, 0.1) is 13.8 Å². The predicted octanol–water partition coefficient (Wildman–Crippen LogP) is 5.29. The average Bonchev–Trinajstić information content (AvgIpc) is 3.04. The first-order valence-electron chi connectivity index (χ1n) is 11.0. The highest BCUT2D eigenvalue weighted by Gasteiger charge is 2.25. The molecule has 2 aromatic heterocycles. The fraction of sp³-hybridized carbons (Fsp3) is 0.440. The topological polar surface area (TPSA) is 43.2 Å². The van der Waals surface area contributed by atoms with E-state index in [0.29, 0.717) is 12.6 Å². The van der Waals surface area contributed by atoms with E-state index >= 15 is 0 Å². The molecule has 0 aliphatic carbocycles. The van der Waals surface area contributed by atoms with Crippen molar-refractivity contribution in [2.24, 2.45) is 0 Å². The summed E-state index contributed by atoms with van der Waals surface area (Å²) in [6.45, 7) is 12.0. The second kappa shape index (κ2) is 9.51. The van der Waals surface area contributed by atoms with Gasteiger partial charge in [-0.15, -0.1) is 0 Å². The van der Waals surface area contributed by atoms with Crippen LogP contribution in [0.3, 0.4) is 0 Å². The van der Waals surface area contributed by atoms with E-state index in [1.54, 1.807) is 0 Å². The lowest BCUT2D eigenvalue weighted by molar-refractivity contribution is -0.0351. The number of ether oxygens (including phenoxy) is 1. The molecule has 6 heteroatoms. The first-order chi connectivity index (χ1) is 14.9. The zero-order valence-corrected chi connectivity index (χ0v) is 19.6. The lowest BCUT2D eigenvalue weighted by Gasteiger charge is -2.33. The minimum atomic E-state index is -0.0271. The van der Waals surface area contributed by atoms with E-state index < -0.39 is 0 Å². The van der Waals surface area contributed by atoms with Crippen LogP contribution in [-0.4, -0.2) is 39.4 Å². The van der Waals surface area contributed by atoms with E-state index in [1.807, 2.05) is 18.2 Å². The molecule has 0 spiro atoms. The van der Waals surface area contributed by atoms with Gasteiger partial charge in [0.05, 0.1) is 18.0 Å². The van der Waals surface area contributed by atoms with Gasteiger partial charge in [-0.25, -0.2) is 0 Å². The predicted molar refractivity (Wildman–Crippen MR) is 125 cm³/mol. The molecule has 3 heterocycles. The summed E-state index contributed by atoms with van der Waals surface area (Å²) in [7, 11) is 0. The molecule has 1 aliphatic rings. The highest BCUT2D eigenvalue weighted by molar-refractivity contribution is 6.31. The molecule has 0 saturated carbocycles. The molecule has 0 radical (unpaired) electrons. The Morgan fingerprint density at radius 1 is 1.13 bits per heavy atom. The summed E-state index contributed by atoms with van der Waals surface area (Å²) < 4.78 is 8.24. The molecule has 0 amide bonds. The third-order valence-electron chi connectivity index (χ3n) is 5.98. The van der Waals surface area contributed by atoms with Gasteiger partial charge < -0.3 is 4.74 Å². The maximum Gasteiger partial charge on any atom is 0.112 e. The summed E-state index contributed by atoms with van der Waals surface area (Å²) in [5.41, 5.74) is 6.80. The molecule has 0 bridgehead atoms. The van der Waals surface area contributed by atoms with Crippen molar-refractivity contribution in [2.75, 3.05) is 19.7 Å². The van der Waals surface area contributed by atoms with Gasteiger partial charge in [-0.3, -0.25) is 14.6 Å². The van der Waals surface area contributed by atoms with E-state index in [1.165, 1.54) is 11.3 Å². The number of halogens is 1. The van der Waals surface area contributed by atoms with E-state index in [-0.39, 0.29) is 6.10 Å². The van der Waals surface area contributed by atoms with Crippen molar-refractivity contribution in [3.8, 4) is 0 Å². The molecule has 1 unspecified atom stereocenters. The van der Waals surface area contributed by atoms with Gasteiger partial charge in [0.1, 0.15) is 6.10 Å². The third kappa shape index (κ3) is 5.00. The van der Waals surface area contributed by atoms with Crippen molar-refractivity contribution in [1.82, 2.24) is 19.7 Å². The van der Waals surface area contributed by atoms with Gasteiger partial charge >= 0.3 is 0 Å². The van der Waals surface area contributed by atoms with Crippen LogP contribution in [0.5, 0.6) is 0 Å². The Balaban J connectivity index is 1.47. The number of nitrogens with zero attached hydrogens (tertiary/aromatic N) is 4. The maximum atomic E-state index is 6.34. The molecular formula is C25H31ClN4O. The van der Waals surface area contributed by atoms with Crippen molar-refractivity contribution in [2.45, 2.75) is 52.8 Å². The van der Waals surface area contributed by atoms with Crippen LogP contribution in [0.15, 0.2) is 42.5 Å². The molecular weight excluding hydrogens is 408 g/mol. The molecule has 1 fully saturated rings. The second-order valence-electron chi connectivity index (χ2n) is 8.60. The van der Waals surface area contributed by atoms with Crippen molar-refractivity contribution < 1.29 is 4.74 Å². The van der Waals surface area contributed by atoms with Crippen LogP contribution in [0.4, 0.5) is 0 Å². The summed E-state index contributed by atoms with van der Waals surface area (Å²) in [5, 5.41) is 5.53. The number of benzene rings is 1. The monoisotopic (exact) mass is 438 g/mol. The SMILES string of the molecule is Cc1nn(C(C)C)c(C)c1CN1CCOC(c2cccc(Cc3ccccc3Cl)n2)C1. The van der Waals surface area contributed by atoms with Crippen molar-refractivity contribution in [3.05, 3.63) is 81.4 Å². The van der Waals surface area contributed by atoms with Gasteiger partial charge in [0.15, 0.2) is 0 Å². The first-order valence-corrected chi connectivity index (χ1v) is 11.4. The van der Waals surface area contributed by atoms with Gasteiger partial charge in [-0.05, 0) is 51.5 Å². The summed E-state index contributed by atoms with van der Waals surface area (Å²) in [6, 6.07) is 14.5. The van der Waals surface area contributed by atoms with Gasteiger partial charge in [-0.2, -0.15) is 5.10 Å². The standard InChI is InChI=1S/C25H31ClN4O/c1-17(2)30-19(4)22(18(3)28-30)15-29-12-13-31-25(16-29)24-11-7-9-21(27-24)14-20-8-5-6-10-23(20)26/h5-11,17,25H,12-16H2,1-4H3. The Morgan fingerprint density at radius 2 is 1.94 bits per heavy atom. The Labute approximate surface area is 190 Å². The Bertz CT molecular complexity index is 1050. The quantitative estimate of drug-likeness (QED) is 0.524. The first kappa shape index (κ1) is 22.0. The summed E-state index contributed by atoms with van der Waals surface area (Å²) in [5.74, 6) is 0. The summed E-state index contributed by atoms with van der Waals surface area (Å²) in [4.78, 5) is 7.37. The fourth-order valence-corrected chi connectivity index (χ4v) is 4.49. The van der Waals surface area contributed by atoms with Gasteiger partial charge in [0.25, 0.3) is 0 Å². The maximum absolute atomic E-state index is 6.34. The number of pyridine rings is 1. The normalized spacial score (nSPS) is 17.4. The number of morpholine rings is 1. The molecule has 1 saturated heterocycles. The van der Waals surface area contributed by atoms with Crippen LogP contribution >= 0.6 is 11.6 Å². The highest BCUT2D eigenvalue weighted by Crippen LogP contribution is 2.26. The van der Waals surface area contributed by atoms with Gasteiger partial charge in [0, 0.05) is 54.1 Å². The third-order valence-corrected chi connectivity index (χ3v) is 6.35. The molecule has 1 atom stereocenters.